The molecule has 2 N–H and O–H groups in total. The van der Waals surface area contributed by atoms with E-state index < -0.39 is 0 Å². The van der Waals surface area contributed by atoms with Crippen molar-refractivity contribution < 1.29 is 9.21 Å². The van der Waals surface area contributed by atoms with Crippen LogP contribution in [0.2, 0.25) is 0 Å². The Labute approximate surface area is 153 Å². The van der Waals surface area contributed by atoms with Crippen LogP contribution in [0, 0.1) is 12.8 Å². The number of hydrogen-bond donors (Lipinski definition) is 2. The van der Waals surface area contributed by atoms with Crippen LogP contribution < -0.4 is 10.9 Å². The number of oxazole rings is 1. The standard InChI is InChI=1S/C20H26N4O2/c1-14-18(22-20(26-14)15-6-3-2-4-7-15)12-19(25)24-11-5-8-16(13-24)17-9-10-21-23-17/h2-4,6-7,16-17,21,23H,5,8-13H2,1H3. The lowest BCUT2D eigenvalue weighted by Gasteiger charge is -2.35. The van der Waals surface area contributed by atoms with Gasteiger partial charge in [0.05, 0.1) is 12.1 Å². The summed E-state index contributed by atoms with van der Waals surface area (Å²) in [5.41, 5.74) is 8.24. The second-order valence-electron chi connectivity index (χ2n) is 7.27. The number of nitrogens with zero attached hydrogens (tertiary/aromatic N) is 2. The molecule has 0 spiro atoms. The Kier molecular flexibility index (Phi) is 5.04. The molecule has 6 nitrogen and oxygen atoms in total. The third-order valence-corrected chi connectivity index (χ3v) is 5.48. The highest BCUT2D eigenvalue weighted by Gasteiger charge is 2.31. The number of carbonyl (C=O) groups excluding carboxylic acids is 1. The molecule has 1 aromatic heterocycles. The highest BCUT2D eigenvalue weighted by atomic mass is 16.4. The maximum Gasteiger partial charge on any atom is 0.228 e. The number of carbonyl (C=O) groups is 1. The highest BCUT2D eigenvalue weighted by Crippen LogP contribution is 2.25. The molecule has 2 atom stereocenters. The van der Waals surface area contributed by atoms with E-state index in [-0.39, 0.29) is 5.91 Å². The lowest BCUT2D eigenvalue weighted by molar-refractivity contribution is -0.132. The molecule has 0 aliphatic carbocycles. The van der Waals surface area contributed by atoms with Gasteiger partial charge in [-0.25, -0.2) is 4.98 Å². The SMILES string of the molecule is Cc1oc(-c2ccccc2)nc1CC(=O)N1CCCC(C2CCNN2)C1. The Morgan fingerprint density at radius 1 is 1.31 bits per heavy atom. The Bertz CT molecular complexity index is 752. The van der Waals surface area contributed by atoms with Crippen molar-refractivity contribution >= 4 is 5.91 Å². The van der Waals surface area contributed by atoms with Gasteiger partial charge >= 0.3 is 0 Å². The fraction of sp³-hybridized carbons (Fsp3) is 0.500. The van der Waals surface area contributed by atoms with Crippen molar-refractivity contribution in [2.75, 3.05) is 19.6 Å². The van der Waals surface area contributed by atoms with Crippen LogP contribution in [0.1, 0.15) is 30.7 Å². The quantitative estimate of drug-likeness (QED) is 0.882. The van der Waals surface area contributed by atoms with E-state index in [1.54, 1.807) is 0 Å². The molecule has 1 amide bonds. The molecule has 1 aromatic carbocycles. The van der Waals surface area contributed by atoms with Gasteiger partial charge in [0.1, 0.15) is 5.76 Å². The zero-order valence-electron chi connectivity index (χ0n) is 15.2. The fourth-order valence-corrected chi connectivity index (χ4v) is 3.97. The maximum absolute atomic E-state index is 12.8. The number of rotatable bonds is 4. The summed E-state index contributed by atoms with van der Waals surface area (Å²) >= 11 is 0. The van der Waals surface area contributed by atoms with E-state index in [9.17, 15) is 4.79 Å². The fourth-order valence-electron chi connectivity index (χ4n) is 3.97. The summed E-state index contributed by atoms with van der Waals surface area (Å²) in [4.78, 5) is 19.4. The average Bonchev–Trinajstić information content (AvgIpc) is 3.33. The number of hydrazine groups is 1. The Morgan fingerprint density at radius 2 is 2.15 bits per heavy atom. The summed E-state index contributed by atoms with van der Waals surface area (Å²) in [5.74, 6) is 1.99. The van der Waals surface area contributed by atoms with Crippen LogP contribution in [0.4, 0.5) is 0 Å². The van der Waals surface area contributed by atoms with Crippen LogP contribution >= 0.6 is 0 Å². The van der Waals surface area contributed by atoms with E-state index in [4.69, 9.17) is 4.42 Å². The van der Waals surface area contributed by atoms with Crippen molar-refractivity contribution in [2.24, 2.45) is 5.92 Å². The van der Waals surface area contributed by atoms with E-state index >= 15 is 0 Å². The minimum atomic E-state index is 0.150. The number of likely N-dealkylation sites (tertiary alicyclic amines) is 1. The lowest BCUT2D eigenvalue weighted by atomic mass is 9.89. The van der Waals surface area contributed by atoms with Gasteiger partial charge in [0, 0.05) is 31.2 Å². The number of aromatic nitrogens is 1. The van der Waals surface area contributed by atoms with Gasteiger partial charge in [0.25, 0.3) is 0 Å². The summed E-state index contributed by atoms with van der Waals surface area (Å²) in [6.07, 6.45) is 3.70. The van der Waals surface area contributed by atoms with Crippen molar-refractivity contribution in [1.29, 1.82) is 0 Å². The Hall–Kier alpha value is -2.18. The maximum atomic E-state index is 12.8. The first-order valence-electron chi connectivity index (χ1n) is 9.48. The second-order valence-corrected chi connectivity index (χ2v) is 7.27. The van der Waals surface area contributed by atoms with E-state index in [1.165, 1.54) is 6.42 Å². The summed E-state index contributed by atoms with van der Waals surface area (Å²) in [7, 11) is 0. The van der Waals surface area contributed by atoms with Crippen LogP contribution in [-0.4, -0.2) is 41.5 Å². The molecule has 2 fully saturated rings. The molecule has 2 aliphatic heterocycles. The van der Waals surface area contributed by atoms with Gasteiger partial charge in [-0.1, -0.05) is 18.2 Å². The minimum Gasteiger partial charge on any atom is -0.441 e. The normalized spacial score (nSPS) is 23.3. The molecule has 2 unspecified atom stereocenters. The average molecular weight is 354 g/mol. The third-order valence-electron chi connectivity index (χ3n) is 5.48. The topological polar surface area (TPSA) is 70.4 Å². The summed E-state index contributed by atoms with van der Waals surface area (Å²) < 4.78 is 5.79. The number of benzene rings is 1. The molecule has 2 saturated heterocycles. The first kappa shape index (κ1) is 17.2. The Morgan fingerprint density at radius 3 is 2.92 bits per heavy atom. The van der Waals surface area contributed by atoms with Crippen LogP contribution in [0.25, 0.3) is 11.5 Å². The molecule has 0 saturated carbocycles. The largest absolute Gasteiger partial charge is 0.441 e. The van der Waals surface area contributed by atoms with Crippen molar-refractivity contribution in [1.82, 2.24) is 20.7 Å². The second kappa shape index (κ2) is 7.60. The monoisotopic (exact) mass is 354 g/mol. The van der Waals surface area contributed by atoms with Crippen molar-refractivity contribution in [3.63, 3.8) is 0 Å². The van der Waals surface area contributed by atoms with Gasteiger partial charge in [-0.15, -0.1) is 0 Å². The molecule has 2 aliphatic rings. The number of nitrogens with one attached hydrogen (secondary N) is 2. The predicted molar refractivity (Wildman–Crippen MR) is 99.2 cm³/mol. The van der Waals surface area contributed by atoms with Gasteiger partial charge in [-0.3, -0.25) is 15.6 Å². The van der Waals surface area contributed by atoms with Crippen LogP contribution in [-0.2, 0) is 11.2 Å². The van der Waals surface area contributed by atoms with E-state index in [0.29, 0.717) is 24.3 Å². The number of piperidine rings is 1. The minimum absolute atomic E-state index is 0.150. The van der Waals surface area contributed by atoms with Gasteiger partial charge in [-0.05, 0) is 44.2 Å². The molecule has 6 heteroatoms. The van der Waals surface area contributed by atoms with Crippen LogP contribution in [0.15, 0.2) is 34.7 Å². The molecule has 0 radical (unpaired) electrons. The van der Waals surface area contributed by atoms with Gasteiger partial charge in [0.15, 0.2) is 0 Å². The molecular formula is C20H26N4O2. The molecular weight excluding hydrogens is 328 g/mol. The smallest absolute Gasteiger partial charge is 0.228 e. The highest BCUT2D eigenvalue weighted by molar-refractivity contribution is 5.78. The molecule has 138 valence electrons. The number of hydrogen-bond acceptors (Lipinski definition) is 5. The molecule has 26 heavy (non-hydrogen) atoms. The molecule has 2 aromatic rings. The summed E-state index contributed by atoms with van der Waals surface area (Å²) in [5, 5.41) is 0. The van der Waals surface area contributed by atoms with Gasteiger partial charge in [0.2, 0.25) is 11.8 Å². The predicted octanol–water partition coefficient (Wildman–Crippen LogP) is 2.30. The third kappa shape index (κ3) is 3.66. The van der Waals surface area contributed by atoms with E-state index in [1.807, 2.05) is 42.2 Å². The Balaban J connectivity index is 1.42. The lowest BCUT2D eigenvalue weighted by Crippen LogP contribution is -2.47. The van der Waals surface area contributed by atoms with Crippen LogP contribution in [0.3, 0.4) is 0 Å². The number of amides is 1. The van der Waals surface area contributed by atoms with Gasteiger partial charge in [-0.2, -0.15) is 0 Å². The summed E-state index contributed by atoms with van der Waals surface area (Å²) in [6.45, 7) is 4.57. The molecule has 4 rings (SSSR count). The zero-order chi connectivity index (χ0) is 17.9. The first-order valence-corrected chi connectivity index (χ1v) is 9.48. The van der Waals surface area contributed by atoms with Crippen molar-refractivity contribution in [2.45, 2.75) is 38.6 Å². The van der Waals surface area contributed by atoms with Crippen LogP contribution in [0.5, 0.6) is 0 Å². The first-order chi connectivity index (χ1) is 12.7. The van der Waals surface area contributed by atoms with Crippen molar-refractivity contribution in [3.8, 4) is 11.5 Å². The molecule has 3 heterocycles. The number of aryl methyl sites for hydroxylation is 1. The summed E-state index contributed by atoms with van der Waals surface area (Å²) in [6, 6.07) is 10.3. The zero-order valence-corrected chi connectivity index (χ0v) is 15.2. The van der Waals surface area contributed by atoms with E-state index in [0.717, 1.165) is 49.5 Å². The van der Waals surface area contributed by atoms with Crippen molar-refractivity contribution in [3.05, 3.63) is 41.8 Å². The van der Waals surface area contributed by atoms with Gasteiger partial charge < -0.3 is 9.32 Å². The van der Waals surface area contributed by atoms with E-state index in [2.05, 4.69) is 15.8 Å². The molecule has 0 bridgehead atoms.